The average Bonchev–Trinajstić information content (AvgIpc) is 2.46. The molecule has 19 heavy (non-hydrogen) atoms. The maximum absolute atomic E-state index is 5.36. The van der Waals surface area contributed by atoms with E-state index in [1.807, 2.05) is 12.1 Å². The molecule has 0 aromatic heterocycles. The average molecular weight is 264 g/mol. The molecule has 0 unspecified atom stereocenters. The van der Waals surface area contributed by atoms with E-state index in [0.717, 1.165) is 51.7 Å². The van der Waals surface area contributed by atoms with Crippen molar-refractivity contribution in [3.8, 4) is 5.75 Å². The second-order valence-electron chi connectivity index (χ2n) is 5.04. The van der Waals surface area contributed by atoms with Crippen LogP contribution in [0.1, 0.15) is 5.56 Å². The lowest BCUT2D eigenvalue weighted by molar-refractivity contribution is 0.0342. The van der Waals surface area contributed by atoms with Gasteiger partial charge in [-0.25, -0.2) is 0 Å². The molecule has 0 aliphatic carbocycles. The molecule has 0 saturated carbocycles. The van der Waals surface area contributed by atoms with Crippen molar-refractivity contribution in [2.75, 3.05) is 53.6 Å². The van der Waals surface area contributed by atoms with Gasteiger partial charge in [-0.1, -0.05) is 12.1 Å². The van der Waals surface area contributed by atoms with Crippen LogP contribution in [0, 0.1) is 0 Å². The normalized spacial score (nSPS) is 16.8. The van der Waals surface area contributed by atoms with Crippen LogP contribution < -0.4 is 4.74 Å². The molecule has 1 aliphatic heterocycles. The first-order valence-corrected chi connectivity index (χ1v) is 6.89. The van der Waals surface area contributed by atoms with Crippen molar-refractivity contribution >= 4 is 0 Å². The number of hydrogen-bond acceptors (Lipinski definition) is 4. The zero-order valence-electron chi connectivity index (χ0n) is 12.0. The van der Waals surface area contributed by atoms with Gasteiger partial charge in [0.25, 0.3) is 0 Å². The first-order valence-electron chi connectivity index (χ1n) is 6.89. The summed E-state index contributed by atoms with van der Waals surface area (Å²) in [4.78, 5) is 4.82. The third-order valence-electron chi connectivity index (χ3n) is 3.49. The van der Waals surface area contributed by atoms with E-state index in [4.69, 9.17) is 9.47 Å². The minimum atomic E-state index is 0.875. The van der Waals surface area contributed by atoms with Gasteiger partial charge in [-0.3, -0.25) is 4.90 Å². The monoisotopic (exact) mass is 264 g/mol. The highest BCUT2D eigenvalue weighted by molar-refractivity contribution is 5.28. The van der Waals surface area contributed by atoms with Gasteiger partial charge in [0, 0.05) is 32.7 Å². The van der Waals surface area contributed by atoms with Crippen LogP contribution in [0.15, 0.2) is 24.3 Å². The lowest BCUT2D eigenvalue weighted by Gasteiger charge is -2.28. The summed E-state index contributed by atoms with van der Waals surface area (Å²) < 4.78 is 10.6. The Morgan fingerprint density at radius 3 is 2.84 bits per heavy atom. The van der Waals surface area contributed by atoms with Crippen molar-refractivity contribution in [2.45, 2.75) is 6.54 Å². The molecule has 4 heteroatoms. The van der Waals surface area contributed by atoms with E-state index in [1.54, 1.807) is 7.11 Å². The second-order valence-corrected chi connectivity index (χ2v) is 5.04. The summed E-state index contributed by atoms with van der Waals surface area (Å²) >= 11 is 0. The van der Waals surface area contributed by atoms with Gasteiger partial charge in [-0.05, 0) is 24.7 Å². The Labute approximate surface area is 115 Å². The SMILES string of the molecule is COc1cccc(CN(C)CCN2CCOCC2)c1. The molecule has 0 N–H and O–H groups in total. The zero-order valence-corrected chi connectivity index (χ0v) is 12.0. The van der Waals surface area contributed by atoms with Crippen LogP contribution >= 0.6 is 0 Å². The molecule has 1 heterocycles. The van der Waals surface area contributed by atoms with Gasteiger partial charge in [-0.15, -0.1) is 0 Å². The molecule has 1 saturated heterocycles. The maximum atomic E-state index is 5.36. The maximum Gasteiger partial charge on any atom is 0.119 e. The van der Waals surface area contributed by atoms with Crippen LogP contribution in [-0.4, -0.2) is 63.4 Å². The van der Waals surface area contributed by atoms with Crippen molar-refractivity contribution in [3.63, 3.8) is 0 Å². The topological polar surface area (TPSA) is 24.9 Å². The smallest absolute Gasteiger partial charge is 0.119 e. The van der Waals surface area contributed by atoms with Gasteiger partial charge >= 0.3 is 0 Å². The van der Waals surface area contributed by atoms with Crippen LogP contribution in [0.4, 0.5) is 0 Å². The first kappa shape index (κ1) is 14.3. The van der Waals surface area contributed by atoms with Gasteiger partial charge in [0.1, 0.15) is 5.75 Å². The van der Waals surface area contributed by atoms with Crippen molar-refractivity contribution in [1.29, 1.82) is 0 Å². The molecule has 1 fully saturated rings. The molecule has 1 aromatic carbocycles. The molecular formula is C15H24N2O2. The summed E-state index contributed by atoms with van der Waals surface area (Å²) in [5, 5.41) is 0. The summed E-state index contributed by atoms with van der Waals surface area (Å²) in [5.74, 6) is 0.930. The van der Waals surface area contributed by atoms with E-state index >= 15 is 0 Å². The van der Waals surface area contributed by atoms with Crippen LogP contribution in [-0.2, 0) is 11.3 Å². The summed E-state index contributed by atoms with van der Waals surface area (Å²) in [6.07, 6.45) is 0. The largest absolute Gasteiger partial charge is 0.497 e. The molecule has 106 valence electrons. The fourth-order valence-electron chi connectivity index (χ4n) is 2.30. The predicted molar refractivity (Wildman–Crippen MR) is 76.6 cm³/mol. The minimum Gasteiger partial charge on any atom is -0.497 e. The molecule has 4 nitrogen and oxygen atoms in total. The van der Waals surface area contributed by atoms with Crippen molar-refractivity contribution in [1.82, 2.24) is 9.80 Å². The Bertz CT molecular complexity index is 378. The van der Waals surface area contributed by atoms with Crippen molar-refractivity contribution in [3.05, 3.63) is 29.8 Å². The van der Waals surface area contributed by atoms with Gasteiger partial charge in [0.05, 0.1) is 20.3 Å². The van der Waals surface area contributed by atoms with Crippen molar-refractivity contribution < 1.29 is 9.47 Å². The van der Waals surface area contributed by atoms with E-state index < -0.39 is 0 Å². The molecule has 2 rings (SSSR count). The van der Waals surface area contributed by atoms with E-state index in [0.29, 0.717) is 0 Å². The number of ether oxygens (including phenoxy) is 2. The van der Waals surface area contributed by atoms with Gasteiger partial charge in [-0.2, -0.15) is 0 Å². The molecule has 1 aromatic rings. The van der Waals surface area contributed by atoms with Gasteiger partial charge < -0.3 is 14.4 Å². The number of nitrogens with zero attached hydrogens (tertiary/aromatic N) is 2. The van der Waals surface area contributed by atoms with Crippen LogP contribution in [0.5, 0.6) is 5.75 Å². The quantitative estimate of drug-likeness (QED) is 0.776. The van der Waals surface area contributed by atoms with E-state index in [1.165, 1.54) is 5.56 Å². The minimum absolute atomic E-state index is 0.875. The third-order valence-corrected chi connectivity index (χ3v) is 3.49. The third kappa shape index (κ3) is 4.82. The fourth-order valence-corrected chi connectivity index (χ4v) is 2.30. The summed E-state index contributed by atoms with van der Waals surface area (Å²) in [6, 6.07) is 8.28. The van der Waals surface area contributed by atoms with Crippen molar-refractivity contribution in [2.24, 2.45) is 0 Å². The first-order chi connectivity index (χ1) is 9.28. The van der Waals surface area contributed by atoms with E-state index in [2.05, 4.69) is 29.0 Å². The molecule has 0 amide bonds. The van der Waals surface area contributed by atoms with Gasteiger partial charge in [0.2, 0.25) is 0 Å². The number of likely N-dealkylation sites (N-methyl/N-ethyl adjacent to an activating group) is 1. The Hall–Kier alpha value is -1.10. The van der Waals surface area contributed by atoms with E-state index in [-0.39, 0.29) is 0 Å². The number of methoxy groups -OCH3 is 1. The zero-order chi connectivity index (χ0) is 13.5. The second kappa shape index (κ2) is 7.48. The fraction of sp³-hybridized carbons (Fsp3) is 0.600. The lowest BCUT2D eigenvalue weighted by atomic mass is 10.2. The standard InChI is InChI=1S/C15H24N2O2/c1-16(6-7-17-8-10-19-11-9-17)13-14-4-3-5-15(12-14)18-2/h3-5,12H,6-11,13H2,1-2H3. The number of hydrogen-bond donors (Lipinski definition) is 0. The summed E-state index contributed by atoms with van der Waals surface area (Å²) in [6.45, 7) is 7.03. The molecular weight excluding hydrogens is 240 g/mol. The number of rotatable bonds is 6. The highest BCUT2D eigenvalue weighted by Crippen LogP contribution is 2.13. The number of benzene rings is 1. The number of morpholine rings is 1. The molecule has 0 bridgehead atoms. The van der Waals surface area contributed by atoms with E-state index in [9.17, 15) is 0 Å². The predicted octanol–water partition coefficient (Wildman–Crippen LogP) is 1.46. The Balaban J connectivity index is 1.75. The van der Waals surface area contributed by atoms with Gasteiger partial charge in [0.15, 0.2) is 0 Å². The van der Waals surface area contributed by atoms with Crippen LogP contribution in [0.2, 0.25) is 0 Å². The molecule has 0 radical (unpaired) electrons. The highest BCUT2D eigenvalue weighted by Gasteiger charge is 2.10. The Morgan fingerprint density at radius 1 is 1.32 bits per heavy atom. The molecule has 1 aliphatic rings. The lowest BCUT2D eigenvalue weighted by Crippen LogP contribution is -2.40. The highest BCUT2D eigenvalue weighted by atomic mass is 16.5. The van der Waals surface area contributed by atoms with Crippen LogP contribution in [0.25, 0.3) is 0 Å². The summed E-state index contributed by atoms with van der Waals surface area (Å²) in [5.41, 5.74) is 1.30. The van der Waals surface area contributed by atoms with Crippen LogP contribution in [0.3, 0.4) is 0 Å². The Morgan fingerprint density at radius 2 is 2.11 bits per heavy atom. The Kier molecular flexibility index (Phi) is 5.63. The molecule has 0 spiro atoms. The molecule has 0 atom stereocenters. The summed E-state index contributed by atoms with van der Waals surface area (Å²) in [7, 11) is 3.88.